The zero-order valence-corrected chi connectivity index (χ0v) is 15.3. The summed E-state index contributed by atoms with van der Waals surface area (Å²) in [6.45, 7) is 2.60. The summed E-state index contributed by atoms with van der Waals surface area (Å²) in [5.74, 6) is 0. The molecule has 0 aromatic heterocycles. The maximum absolute atomic E-state index is 12.9. The second-order valence-corrected chi connectivity index (χ2v) is 8.55. The van der Waals surface area contributed by atoms with Gasteiger partial charge in [0, 0.05) is 24.2 Å². The first-order valence-corrected chi connectivity index (χ1v) is 9.31. The Bertz CT molecular complexity index is 736. The first-order chi connectivity index (χ1) is 10.8. The SMILES string of the molecule is Cl.O=[N+]([O-])c1cc(Cl)ccc1S(=O)(=O)N1CCC2(CCNCC2)C1. The quantitative estimate of drug-likeness (QED) is 0.626. The number of rotatable bonds is 3. The molecule has 0 saturated carbocycles. The molecule has 3 rings (SSSR count). The van der Waals surface area contributed by atoms with Crippen molar-refractivity contribution in [3.63, 3.8) is 0 Å². The van der Waals surface area contributed by atoms with Gasteiger partial charge in [0.25, 0.3) is 5.69 Å². The molecule has 1 N–H and O–H groups in total. The molecule has 10 heteroatoms. The molecular formula is C14H19Cl2N3O4S. The molecule has 7 nitrogen and oxygen atoms in total. The topological polar surface area (TPSA) is 92.5 Å². The summed E-state index contributed by atoms with van der Waals surface area (Å²) in [6, 6.07) is 3.69. The van der Waals surface area contributed by atoms with Gasteiger partial charge in [-0.3, -0.25) is 10.1 Å². The van der Waals surface area contributed by atoms with Gasteiger partial charge in [-0.25, -0.2) is 8.42 Å². The van der Waals surface area contributed by atoms with Crippen LogP contribution in [0, 0.1) is 15.5 Å². The lowest BCUT2D eigenvalue weighted by Gasteiger charge is -2.33. The number of sulfonamides is 1. The third kappa shape index (κ3) is 3.52. The van der Waals surface area contributed by atoms with E-state index in [0.29, 0.717) is 13.1 Å². The minimum Gasteiger partial charge on any atom is -0.317 e. The van der Waals surface area contributed by atoms with Crippen molar-refractivity contribution in [1.29, 1.82) is 0 Å². The van der Waals surface area contributed by atoms with E-state index in [2.05, 4.69) is 5.32 Å². The maximum Gasteiger partial charge on any atom is 0.290 e. The molecule has 0 aliphatic carbocycles. The van der Waals surface area contributed by atoms with E-state index in [1.807, 2.05) is 0 Å². The van der Waals surface area contributed by atoms with Crippen molar-refractivity contribution in [3.8, 4) is 0 Å². The van der Waals surface area contributed by atoms with E-state index in [1.165, 1.54) is 16.4 Å². The fraction of sp³-hybridized carbons (Fsp3) is 0.571. The van der Waals surface area contributed by atoms with Crippen LogP contribution in [-0.2, 0) is 10.0 Å². The van der Waals surface area contributed by atoms with Gasteiger partial charge in [0.15, 0.2) is 4.90 Å². The molecule has 2 saturated heterocycles. The van der Waals surface area contributed by atoms with Gasteiger partial charge in [0.2, 0.25) is 10.0 Å². The Morgan fingerprint density at radius 1 is 1.25 bits per heavy atom. The van der Waals surface area contributed by atoms with Crippen molar-refractivity contribution in [2.45, 2.75) is 24.2 Å². The number of nitro groups is 1. The molecule has 0 amide bonds. The van der Waals surface area contributed by atoms with Crippen LogP contribution < -0.4 is 5.32 Å². The number of halogens is 2. The number of nitrogens with zero attached hydrogens (tertiary/aromatic N) is 2. The first-order valence-electron chi connectivity index (χ1n) is 7.49. The van der Waals surface area contributed by atoms with E-state index in [-0.39, 0.29) is 27.7 Å². The van der Waals surface area contributed by atoms with Crippen LogP contribution in [-0.4, -0.2) is 43.8 Å². The summed E-state index contributed by atoms with van der Waals surface area (Å²) in [4.78, 5) is 10.2. The highest BCUT2D eigenvalue weighted by Gasteiger charge is 2.44. The van der Waals surface area contributed by atoms with Gasteiger partial charge in [-0.15, -0.1) is 12.4 Å². The van der Waals surface area contributed by atoms with Crippen molar-refractivity contribution in [3.05, 3.63) is 33.3 Å². The van der Waals surface area contributed by atoms with Gasteiger partial charge in [-0.2, -0.15) is 4.31 Å². The Labute approximate surface area is 152 Å². The van der Waals surface area contributed by atoms with Gasteiger partial charge < -0.3 is 5.32 Å². The molecule has 2 heterocycles. The van der Waals surface area contributed by atoms with E-state index >= 15 is 0 Å². The summed E-state index contributed by atoms with van der Waals surface area (Å²) < 4.78 is 27.1. The van der Waals surface area contributed by atoms with E-state index in [0.717, 1.165) is 38.4 Å². The molecular weight excluding hydrogens is 377 g/mol. The van der Waals surface area contributed by atoms with Crippen molar-refractivity contribution in [2.75, 3.05) is 26.2 Å². The molecule has 24 heavy (non-hydrogen) atoms. The second kappa shape index (κ2) is 7.13. The van der Waals surface area contributed by atoms with E-state index in [1.54, 1.807) is 0 Å². The number of nitrogens with one attached hydrogen (secondary N) is 1. The van der Waals surface area contributed by atoms with E-state index in [4.69, 9.17) is 11.6 Å². The largest absolute Gasteiger partial charge is 0.317 e. The molecule has 2 aliphatic rings. The molecule has 134 valence electrons. The fourth-order valence-corrected chi connectivity index (χ4v) is 5.31. The second-order valence-electron chi connectivity index (χ2n) is 6.21. The van der Waals surface area contributed by atoms with Crippen LogP contribution in [0.4, 0.5) is 5.69 Å². The lowest BCUT2D eigenvalue weighted by molar-refractivity contribution is -0.387. The summed E-state index contributed by atoms with van der Waals surface area (Å²) in [6.07, 6.45) is 2.67. The van der Waals surface area contributed by atoms with Gasteiger partial charge in [-0.1, -0.05) is 11.6 Å². The standard InChI is InChI=1S/C14H18ClN3O4S.ClH/c15-11-1-2-13(12(9-11)18(19)20)23(21,22)17-8-5-14(10-17)3-6-16-7-4-14;/h1-2,9,16H,3-8,10H2;1H. The molecule has 0 unspecified atom stereocenters. The molecule has 0 atom stereocenters. The fourth-order valence-electron chi connectivity index (χ4n) is 3.45. The highest BCUT2D eigenvalue weighted by Crippen LogP contribution is 2.41. The Morgan fingerprint density at radius 3 is 2.54 bits per heavy atom. The smallest absolute Gasteiger partial charge is 0.290 e. The number of hydrogen-bond donors (Lipinski definition) is 1. The lowest BCUT2D eigenvalue weighted by atomic mass is 9.78. The summed E-state index contributed by atoms with van der Waals surface area (Å²) in [5.41, 5.74) is -0.469. The average Bonchev–Trinajstić information content (AvgIpc) is 2.92. The minimum atomic E-state index is -3.89. The van der Waals surface area contributed by atoms with Crippen LogP contribution >= 0.6 is 24.0 Å². The van der Waals surface area contributed by atoms with Crippen LogP contribution in [0.5, 0.6) is 0 Å². The summed E-state index contributed by atoms with van der Waals surface area (Å²) in [7, 11) is -3.89. The monoisotopic (exact) mass is 395 g/mol. The van der Waals surface area contributed by atoms with Crippen LogP contribution in [0.1, 0.15) is 19.3 Å². The van der Waals surface area contributed by atoms with Crippen molar-refractivity contribution < 1.29 is 13.3 Å². The van der Waals surface area contributed by atoms with Crippen LogP contribution in [0.2, 0.25) is 5.02 Å². The molecule has 0 radical (unpaired) electrons. The Hall–Kier alpha value is -0.930. The minimum absolute atomic E-state index is 0. The van der Waals surface area contributed by atoms with Gasteiger partial charge in [-0.05, 0) is 49.9 Å². The number of benzene rings is 1. The maximum atomic E-state index is 12.9. The third-order valence-electron chi connectivity index (χ3n) is 4.80. The average molecular weight is 396 g/mol. The van der Waals surface area contributed by atoms with Gasteiger partial charge in [0.05, 0.1) is 4.92 Å². The Kier molecular flexibility index (Phi) is 5.76. The Balaban J connectivity index is 0.00000208. The highest BCUT2D eigenvalue weighted by atomic mass is 35.5. The van der Waals surface area contributed by atoms with Gasteiger partial charge in [0.1, 0.15) is 0 Å². The summed E-state index contributed by atoms with van der Waals surface area (Å²) in [5, 5.41) is 14.6. The van der Waals surface area contributed by atoms with Gasteiger partial charge >= 0.3 is 0 Å². The van der Waals surface area contributed by atoms with Crippen LogP contribution in [0.25, 0.3) is 0 Å². The lowest BCUT2D eigenvalue weighted by Crippen LogP contribution is -2.39. The normalized spacial score (nSPS) is 20.7. The van der Waals surface area contributed by atoms with Crippen molar-refractivity contribution in [1.82, 2.24) is 9.62 Å². The molecule has 0 bridgehead atoms. The zero-order chi connectivity index (χ0) is 16.7. The van der Waals surface area contributed by atoms with E-state index in [9.17, 15) is 18.5 Å². The van der Waals surface area contributed by atoms with Crippen molar-refractivity contribution in [2.24, 2.45) is 5.41 Å². The number of nitro benzene ring substituents is 1. The predicted octanol–water partition coefficient (Wildman–Crippen LogP) is 2.43. The Morgan fingerprint density at radius 2 is 1.92 bits per heavy atom. The summed E-state index contributed by atoms with van der Waals surface area (Å²) >= 11 is 5.77. The van der Waals surface area contributed by atoms with Crippen LogP contribution in [0.3, 0.4) is 0 Å². The van der Waals surface area contributed by atoms with Crippen LogP contribution in [0.15, 0.2) is 23.1 Å². The van der Waals surface area contributed by atoms with E-state index < -0.39 is 20.6 Å². The first kappa shape index (κ1) is 19.4. The molecule has 2 fully saturated rings. The van der Waals surface area contributed by atoms with Crippen molar-refractivity contribution >= 4 is 39.7 Å². The molecule has 1 aromatic rings. The predicted molar refractivity (Wildman–Crippen MR) is 93.3 cm³/mol. The third-order valence-corrected chi connectivity index (χ3v) is 6.93. The highest BCUT2D eigenvalue weighted by molar-refractivity contribution is 7.89. The molecule has 1 aromatic carbocycles. The number of hydrogen-bond acceptors (Lipinski definition) is 5. The zero-order valence-electron chi connectivity index (χ0n) is 12.9. The molecule has 1 spiro atoms. The molecule has 2 aliphatic heterocycles. The number of piperidine rings is 1.